The number of para-hydroxylation sites is 1. The molecule has 0 bridgehead atoms. The maximum atomic E-state index is 13.8. The summed E-state index contributed by atoms with van der Waals surface area (Å²) in [5.74, 6) is -0.457. The molecule has 176 valence electrons. The third kappa shape index (κ3) is 5.31. The summed E-state index contributed by atoms with van der Waals surface area (Å²) in [6.45, 7) is 6.24. The van der Waals surface area contributed by atoms with Crippen LogP contribution in [0.15, 0.2) is 66.3 Å². The van der Waals surface area contributed by atoms with Gasteiger partial charge in [0, 0.05) is 22.8 Å². The summed E-state index contributed by atoms with van der Waals surface area (Å²) >= 11 is 1.55. The fraction of sp³-hybridized carbons (Fsp3) is 0.320. The predicted octanol–water partition coefficient (Wildman–Crippen LogP) is 3.96. The second-order valence-electron chi connectivity index (χ2n) is 8.75. The van der Waals surface area contributed by atoms with Gasteiger partial charge in [0.15, 0.2) is 0 Å². The van der Waals surface area contributed by atoms with Gasteiger partial charge in [0.1, 0.15) is 18.1 Å². The lowest BCUT2D eigenvalue weighted by Crippen LogP contribution is -2.50. The first kappa shape index (κ1) is 23.6. The number of fused-ring (bicyclic) bond motifs is 1. The zero-order valence-electron chi connectivity index (χ0n) is 19.5. The molecule has 8 nitrogen and oxygen atoms in total. The van der Waals surface area contributed by atoms with E-state index in [-0.39, 0.29) is 18.4 Å². The van der Waals surface area contributed by atoms with Crippen molar-refractivity contribution in [3.63, 3.8) is 0 Å². The van der Waals surface area contributed by atoms with Crippen LogP contribution < -0.4 is 5.32 Å². The highest BCUT2D eigenvalue weighted by atomic mass is 32.1. The number of carbonyl (C=O) groups is 2. The number of nitrogens with one attached hydrogen (secondary N) is 1. The molecule has 9 heteroatoms. The lowest BCUT2D eigenvalue weighted by Gasteiger charge is -2.34. The number of nitrogens with zero attached hydrogens (tertiary/aromatic N) is 5. The van der Waals surface area contributed by atoms with E-state index >= 15 is 0 Å². The number of benzene rings is 1. The SMILES string of the molecule is CCC(C)(C)NC(=O)[C@@H](c1ccncc1)N(Cc1cccs1)C(=O)Cn1nnc2ccccc21. The monoisotopic (exact) mass is 476 g/mol. The van der Waals surface area contributed by atoms with Crippen LogP contribution in [0.4, 0.5) is 0 Å². The molecule has 0 radical (unpaired) electrons. The number of rotatable bonds is 9. The standard InChI is InChI=1S/C25H28N6O2S/c1-4-25(2,3)27-24(33)23(18-11-13-26-14-12-18)30(16-19-8-7-15-34-19)22(32)17-31-21-10-6-5-9-20(21)28-29-31/h5-15,23H,4,16-17H2,1-3H3,(H,27,33)/t23-/m1/s1. The van der Waals surface area contributed by atoms with Gasteiger partial charge in [0.2, 0.25) is 11.8 Å². The van der Waals surface area contributed by atoms with Gasteiger partial charge in [0.05, 0.1) is 12.1 Å². The van der Waals surface area contributed by atoms with Crippen molar-refractivity contribution in [1.82, 2.24) is 30.2 Å². The second-order valence-corrected chi connectivity index (χ2v) is 9.78. The summed E-state index contributed by atoms with van der Waals surface area (Å²) in [4.78, 5) is 34.1. The predicted molar refractivity (Wildman–Crippen MR) is 132 cm³/mol. The van der Waals surface area contributed by atoms with Gasteiger partial charge in [-0.1, -0.05) is 30.3 Å². The molecular weight excluding hydrogens is 448 g/mol. The Hall–Kier alpha value is -3.59. The number of thiophene rings is 1. The van der Waals surface area contributed by atoms with Gasteiger partial charge in [-0.3, -0.25) is 14.6 Å². The first-order chi connectivity index (χ1) is 16.4. The molecule has 3 aromatic heterocycles. The molecule has 34 heavy (non-hydrogen) atoms. The molecule has 0 fully saturated rings. The van der Waals surface area contributed by atoms with Crippen LogP contribution in [0, 0.1) is 0 Å². The second kappa shape index (κ2) is 10.1. The van der Waals surface area contributed by atoms with Gasteiger partial charge in [0.25, 0.3) is 0 Å². The Morgan fingerprint density at radius 2 is 1.88 bits per heavy atom. The molecule has 1 atom stereocenters. The number of amides is 2. The summed E-state index contributed by atoms with van der Waals surface area (Å²) in [7, 11) is 0. The molecule has 0 aliphatic carbocycles. The lowest BCUT2D eigenvalue weighted by atomic mass is 9.99. The molecule has 4 aromatic rings. The number of carbonyl (C=O) groups excluding carboxylic acids is 2. The molecule has 0 saturated carbocycles. The zero-order chi connectivity index (χ0) is 24.1. The third-order valence-corrected chi connectivity index (χ3v) is 6.72. The van der Waals surface area contributed by atoms with Gasteiger partial charge < -0.3 is 10.2 Å². The summed E-state index contributed by atoms with van der Waals surface area (Å²) in [6.07, 6.45) is 4.03. The number of hydrogen-bond donors (Lipinski definition) is 1. The van der Waals surface area contributed by atoms with Crippen LogP contribution in [-0.2, 0) is 22.7 Å². The normalized spacial score (nSPS) is 12.4. The van der Waals surface area contributed by atoms with Crippen LogP contribution in [0.1, 0.15) is 43.7 Å². The topological polar surface area (TPSA) is 93.0 Å². The maximum absolute atomic E-state index is 13.8. The Labute approximate surface area is 202 Å². The van der Waals surface area contributed by atoms with E-state index in [0.29, 0.717) is 17.6 Å². The Bertz CT molecular complexity index is 1250. The Morgan fingerprint density at radius 1 is 1.12 bits per heavy atom. The van der Waals surface area contributed by atoms with E-state index in [1.54, 1.807) is 45.4 Å². The number of hydrogen-bond acceptors (Lipinski definition) is 6. The first-order valence-corrected chi connectivity index (χ1v) is 12.1. The van der Waals surface area contributed by atoms with Crippen molar-refractivity contribution in [2.75, 3.05) is 0 Å². The van der Waals surface area contributed by atoms with Crippen molar-refractivity contribution in [2.24, 2.45) is 0 Å². The summed E-state index contributed by atoms with van der Waals surface area (Å²) in [6, 6.07) is 14.1. The molecule has 0 aliphatic heterocycles. The van der Waals surface area contributed by atoms with Gasteiger partial charge in [-0.05, 0) is 61.5 Å². The van der Waals surface area contributed by atoms with E-state index in [2.05, 4.69) is 20.6 Å². The molecule has 1 aromatic carbocycles. The minimum Gasteiger partial charge on any atom is -0.349 e. The molecule has 0 saturated heterocycles. The molecule has 4 rings (SSSR count). The minimum absolute atomic E-state index is 0.0298. The fourth-order valence-corrected chi connectivity index (χ4v) is 4.36. The Balaban J connectivity index is 1.72. The van der Waals surface area contributed by atoms with Crippen LogP contribution in [0.5, 0.6) is 0 Å². The van der Waals surface area contributed by atoms with Crippen molar-refractivity contribution in [3.05, 3.63) is 76.7 Å². The molecule has 1 N–H and O–H groups in total. The van der Waals surface area contributed by atoms with Crippen molar-refractivity contribution in [1.29, 1.82) is 0 Å². The molecule has 0 spiro atoms. The van der Waals surface area contributed by atoms with Crippen molar-refractivity contribution in [2.45, 2.75) is 51.9 Å². The van der Waals surface area contributed by atoms with E-state index in [1.807, 2.05) is 62.5 Å². The highest BCUT2D eigenvalue weighted by Crippen LogP contribution is 2.27. The highest BCUT2D eigenvalue weighted by Gasteiger charge is 2.34. The van der Waals surface area contributed by atoms with Crippen molar-refractivity contribution < 1.29 is 9.59 Å². The van der Waals surface area contributed by atoms with Gasteiger partial charge in [-0.25, -0.2) is 4.68 Å². The quantitative estimate of drug-likeness (QED) is 0.395. The third-order valence-electron chi connectivity index (χ3n) is 5.86. The van der Waals surface area contributed by atoms with E-state index in [9.17, 15) is 9.59 Å². The molecule has 0 aliphatic rings. The average Bonchev–Trinajstić information content (AvgIpc) is 3.49. The van der Waals surface area contributed by atoms with Crippen LogP contribution in [0.3, 0.4) is 0 Å². The van der Waals surface area contributed by atoms with Crippen molar-refractivity contribution in [3.8, 4) is 0 Å². The Kier molecular flexibility index (Phi) is 7.02. The summed E-state index contributed by atoms with van der Waals surface area (Å²) < 4.78 is 1.58. The van der Waals surface area contributed by atoms with E-state index in [4.69, 9.17) is 0 Å². The maximum Gasteiger partial charge on any atom is 0.247 e. The molecule has 2 amide bonds. The fourth-order valence-electron chi connectivity index (χ4n) is 3.66. The van der Waals surface area contributed by atoms with Crippen LogP contribution in [-0.4, -0.2) is 42.2 Å². The summed E-state index contributed by atoms with van der Waals surface area (Å²) in [5.41, 5.74) is 1.77. The minimum atomic E-state index is -0.821. The van der Waals surface area contributed by atoms with Gasteiger partial charge in [-0.2, -0.15) is 0 Å². The van der Waals surface area contributed by atoms with E-state index in [1.165, 1.54) is 0 Å². The molecule has 0 unspecified atom stereocenters. The Morgan fingerprint density at radius 3 is 2.59 bits per heavy atom. The van der Waals surface area contributed by atoms with Crippen LogP contribution in [0.25, 0.3) is 11.0 Å². The zero-order valence-corrected chi connectivity index (χ0v) is 20.3. The first-order valence-electron chi connectivity index (χ1n) is 11.2. The number of pyridine rings is 1. The highest BCUT2D eigenvalue weighted by molar-refractivity contribution is 7.09. The smallest absolute Gasteiger partial charge is 0.247 e. The van der Waals surface area contributed by atoms with Gasteiger partial charge in [-0.15, -0.1) is 16.4 Å². The average molecular weight is 477 g/mol. The number of aromatic nitrogens is 4. The van der Waals surface area contributed by atoms with Gasteiger partial charge >= 0.3 is 0 Å². The van der Waals surface area contributed by atoms with E-state index < -0.39 is 11.6 Å². The lowest BCUT2D eigenvalue weighted by molar-refractivity contribution is -0.142. The van der Waals surface area contributed by atoms with E-state index in [0.717, 1.165) is 16.8 Å². The van der Waals surface area contributed by atoms with Crippen LogP contribution in [0.2, 0.25) is 0 Å². The summed E-state index contributed by atoms with van der Waals surface area (Å²) in [5, 5.41) is 13.4. The van der Waals surface area contributed by atoms with Crippen LogP contribution >= 0.6 is 11.3 Å². The molecule has 3 heterocycles. The molecular formula is C25H28N6O2S. The van der Waals surface area contributed by atoms with Crippen molar-refractivity contribution >= 4 is 34.2 Å². The largest absolute Gasteiger partial charge is 0.349 e.